The molecule has 0 aromatic carbocycles. The maximum absolute atomic E-state index is 8.42. The molecule has 0 fully saturated rings. The Balaban J connectivity index is 2.24. The number of hydrogen-bond acceptors (Lipinski definition) is 3. The number of nitrogens with zero attached hydrogens (tertiary/aromatic N) is 3. The van der Waals surface area contributed by atoms with Crippen LogP contribution in [0.25, 0.3) is 0 Å². The van der Waals surface area contributed by atoms with Crippen LogP contribution in [-0.2, 0) is 6.42 Å². The van der Waals surface area contributed by atoms with Crippen LogP contribution >= 0.6 is 0 Å². The minimum atomic E-state index is 0.604. The Labute approximate surface area is 85.0 Å². The van der Waals surface area contributed by atoms with Gasteiger partial charge in [0.1, 0.15) is 0 Å². The molecule has 0 aliphatic heterocycles. The molecule has 0 aliphatic carbocycles. The number of aromatic nitrogens is 1. The van der Waals surface area contributed by atoms with Gasteiger partial charge in [0, 0.05) is 31.9 Å². The SMILES string of the molecule is CN(CCC#N)CCc1ccncc1. The monoisotopic (exact) mass is 189 g/mol. The molecule has 74 valence electrons. The summed E-state index contributed by atoms with van der Waals surface area (Å²) in [5.74, 6) is 0. The van der Waals surface area contributed by atoms with Gasteiger partial charge in [-0.2, -0.15) is 5.26 Å². The maximum atomic E-state index is 8.42. The Morgan fingerprint density at radius 2 is 2.07 bits per heavy atom. The summed E-state index contributed by atoms with van der Waals surface area (Å²) in [6.07, 6.45) is 5.24. The highest BCUT2D eigenvalue weighted by Crippen LogP contribution is 1.98. The topological polar surface area (TPSA) is 39.9 Å². The van der Waals surface area contributed by atoms with Crippen LogP contribution in [0.4, 0.5) is 0 Å². The fraction of sp³-hybridized carbons (Fsp3) is 0.455. The molecule has 0 radical (unpaired) electrons. The van der Waals surface area contributed by atoms with Crippen molar-refractivity contribution in [3.63, 3.8) is 0 Å². The summed E-state index contributed by atoms with van der Waals surface area (Å²) in [5.41, 5.74) is 1.30. The third kappa shape index (κ3) is 4.01. The summed E-state index contributed by atoms with van der Waals surface area (Å²) in [7, 11) is 2.04. The first kappa shape index (κ1) is 10.7. The predicted molar refractivity (Wildman–Crippen MR) is 55.7 cm³/mol. The second-order valence-electron chi connectivity index (χ2n) is 3.32. The zero-order valence-corrected chi connectivity index (χ0v) is 8.48. The van der Waals surface area contributed by atoms with E-state index >= 15 is 0 Å². The summed E-state index contributed by atoms with van der Waals surface area (Å²) in [5, 5.41) is 8.42. The third-order valence-corrected chi connectivity index (χ3v) is 2.14. The quantitative estimate of drug-likeness (QED) is 0.704. The maximum Gasteiger partial charge on any atom is 0.0635 e. The van der Waals surface area contributed by atoms with Crippen molar-refractivity contribution in [2.75, 3.05) is 20.1 Å². The van der Waals surface area contributed by atoms with Crippen molar-refractivity contribution < 1.29 is 0 Å². The molecule has 1 aromatic rings. The van der Waals surface area contributed by atoms with Gasteiger partial charge in [-0.25, -0.2) is 0 Å². The molecule has 0 saturated carbocycles. The van der Waals surface area contributed by atoms with E-state index in [2.05, 4.69) is 16.0 Å². The molecule has 0 saturated heterocycles. The summed E-state index contributed by atoms with van der Waals surface area (Å²) in [6, 6.07) is 6.20. The first-order chi connectivity index (χ1) is 6.83. The Morgan fingerprint density at radius 3 is 2.71 bits per heavy atom. The summed E-state index contributed by atoms with van der Waals surface area (Å²) in [6.45, 7) is 1.84. The van der Waals surface area contributed by atoms with E-state index in [1.165, 1.54) is 5.56 Å². The summed E-state index contributed by atoms with van der Waals surface area (Å²) in [4.78, 5) is 6.14. The van der Waals surface area contributed by atoms with Gasteiger partial charge >= 0.3 is 0 Å². The lowest BCUT2D eigenvalue weighted by Gasteiger charge is -2.14. The molecule has 3 heteroatoms. The Bertz CT molecular complexity index is 289. The second-order valence-corrected chi connectivity index (χ2v) is 3.32. The predicted octanol–water partition coefficient (Wildman–Crippen LogP) is 1.47. The van der Waals surface area contributed by atoms with E-state index in [1.54, 1.807) is 0 Å². The van der Waals surface area contributed by atoms with Crippen LogP contribution in [-0.4, -0.2) is 30.0 Å². The van der Waals surface area contributed by atoms with Gasteiger partial charge < -0.3 is 4.90 Å². The molecule has 0 aliphatic rings. The van der Waals surface area contributed by atoms with Crippen LogP contribution in [0.3, 0.4) is 0 Å². The molecular formula is C11H15N3. The van der Waals surface area contributed by atoms with Crippen molar-refractivity contribution in [1.82, 2.24) is 9.88 Å². The van der Waals surface area contributed by atoms with Crippen molar-refractivity contribution in [2.24, 2.45) is 0 Å². The van der Waals surface area contributed by atoms with Gasteiger partial charge in [-0.15, -0.1) is 0 Å². The van der Waals surface area contributed by atoms with Crippen molar-refractivity contribution in [2.45, 2.75) is 12.8 Å². The van der Waals surface area contributed by atoms with E-state index < -0.39 is 0 Å². The number of pyridine rings is 1. The average Bonchev–Trinajstić information content (AvgIpc) is 2.25. The van der Waals surface area contributed by atoms with Crippen molar-refractivity contribution in [1.29, 1.82) is 5.26 Å². The van der Waals surface area contributed by atoms with Crippen molar-refractivity contribution >= 4 is 0 Å². The van der Waals surface area contributed by atoms with Gasteiger partial charge in [0.25, 0.3) is 0 Å². The van der Waals surface area contributed by atoms with E-state index in [0.29, 0.717) is 6.42 Å². The van der Waals surface area contributed by atoms with E-state index in [4.69, 9.17) is 5.26 Å². The fourth-order valence-corrected chi connectivity index (χ4v) is 1.22. The smallest absolute Gasteiger partial charge is 0.0635 e. The average molecular weight is 189 g/mol. The Hall–Kier alpha value is -1.40. The molecule has 0 spiro atoms. The largest absolute Gasteiger partial charge is 0.305 e. The van der Waals surface area contributed by atoms with Gasteiger partial charge in [0.15, 0.2) is 0 Å². The van der Waals surface area contributed by atoms with Crippen molar-refractivity contribution in [3.8, 4) is 6.07 Å². The molecule has 0 amide bonds. The highest BCUT2D eigenvalue weighted by Gasteiger charge is 1.98. The standard InChI is InChI=1S/C11H15N3/c1-14(9-2-6-12)10-5-11-3-7-13-8-4-11/h3-4,7-8H,2,5,9-10H2,1H3. The molecule has 14 heavy (non-hydrogen) atoms. The molecule has 1 heterocycles. The normalized spacial score (nSPS) is 10.1. The molecule has 1 aromatic heterocycles. The number of likely N-dealkylation sites (N-methyl/N-ethyl adjacent to an activating group) is 1. The number of nitriles is 1. The molecule has 3 nitrogen and oxygen atoms in total. The fourth-order valence-electron chi connectivity index (χ4n) is 1.22. The van der Waals surface area contributed by atoms with Gasteiger partial charge in [-0.1, -0.05) is 0 Å². The Morgan fingerprint density at radius 1 is 1.36 bits per heavy atom. The first-order valence-electron chi connectivity index (χ1n) is 4.77. The van der Waals surface area contributed by atoms with Gasteiger partial charge in [-0.3, -0.25) is 4.98 Å². The lowest BCUT2D eigenvalue weighted by Crippen LogP contribution is -2.22. The van der Waals surface area contributed by atoms with E-state index in [0.717, 1.165) is 19.5 Å². The third-order valence-electron chi connectivity index (χ3n) is 2.14. The second kappa shape index (κ2) is 6.11. The van der Waals surface area contributed by atoms with Crippen molar-refractivity contribution in [3.05, 3.63) is 30.1 Å². The summed E-state index contributed by atoms with van der Waals surface area (Å²) < 4.78 is 0. The number of rotatable bonds is 5. The molecule has 0 bridgehead atoms. The van der Waals surface area contributed by atoms with E-state index in [-0.39, 0.29) is 0 Å². The highest BCUT2D eigenvalue weighted by atomic mass is 15.1. The summed E-state index contributed by atoms with van der Waals surface area (Å²) >= 11 is 0. The zero-order chi connectivity index (χ0) is 10.2. The molecule has 0 unspecified atom stereocenters. The number of hydrogen-bond donors (Lipinski definition) is 0. The molecule has 0 N–H and O–H groups in total. The lowest BCUT2D eigenvalue weighted by molar-refractivity contribution is 0.346. The van der Waals surface area contributed by atoms with E-state index in [1.807, 2.05) is 31.6 Å². The van der Waals surface area contributed by atoms with Crippen LogP contribution in [0, 0.1) is 11.3 Å². The van der Waals surface area contributed by atoms with E-state index in [9.17, 15) is 0 Å². The van der Waals surface area contributed by atoms with Gasteiger partial charge in [0.2, 0.25) is 0 Å². The van der Waals surface area contributed by atoms with Gasteiger partial charge in [-0.05, 0) is 31.2 Å². The zero-order valence-electron chi connectivity index (χ0n) is 8.48. The van der Waals surface area contributed by atoms with Crippen LogP contribution in [0.15, 0.2) is 24.5 Å². The van der Waals surface area contributed by atoms with Crippen LogP contribution in [0.2, 0.25) is 0 Å². The van der Waals surface area contributed by atoms with Crippen LogP contribution in [0.1, 0.15) is 12.0 Å². The molecule has 1 rings (SSSR count). The minimum absolute atomic E-state index is 0.604. The highest BCUT2D eigenvalue weighted by molar-refractivity contribution is 5.09. The Kier molecular flexibility index (Phi) is 4.66. The first-order valence-corrected chi connectivity index (χ1v) is 4.77. The van der Waals surface area contributed by atoms with Crippen LogP contribution < -0.4 is 0 Å². The molecular weight excluding hydrogens is 174 g/mol. The molecule has 0 atom stereocenters. The minimum Gasteiger partial charge on any atom is -0.305 e. The lowest BCUT2D eigenvalue weighted by atomic mass is 10.2. The van der Waals surface area contributed by atoms with Gasteiger partial charge in [0.05, 0.1) is 6.07 Å². The van der Waals surface area contributed by atoms with Crippen LogP contribution in [0.5, 0.6) is 0 Å².